The van der Waals surface area contributed by atoms with Gasteiger partial charge in [-0.25, -0.2) is 10.1 Å². The van der Waals surface area contributed by atoms with Crippen molar-refractivity contribution in [3.05, 3.63) is 0 Å². The molecule has 0 aliphatic carbocycles. The van der Waals surface area contributed by atoms with Gasteiger partial charge < -0.3 is 0 Å². The van der Waals surface area contributed by atoms with Crippen LogP contribution in [0, 0.1) is 0 Å². The zero-order valence-corrected chi connectivity index (χ0v) is 7.76. The molecule has 14 heavy (non-hydrogen) atoms. The summed E-state index contributed by atoms with van der Waals surface area (Å²) in [5, 5.41) is 19.4. The molecule has 83 valence electrons. The van der Waals surface area contributed by atoms with Crippen molar-refractivity contribution in [2.24, 2.45) is 0 Å². The normalized spacial score (nSPS) is 33.6. The van der Waals surface area contributed by atoms with E-state index in [0.717, 1.165) is 0 Å². The third kappa shape index (κ3) is 1.40. The SMILES string of the molecule is CC1(C)CCC(OO)(C(F)(F)F)N1[O]. The lowest BCUT2D eigenvalue weighted by atomic mass is 10.0. The van der Waals surface area contributed by atoms with Crippen LogP contribution in [0.15, 0.2) is 0 Å². The quantitative estimate of drug-likeness (QED) is 0.536. The van der Waals surface area contributed by atoms with Crippen molar-refractivity contribution in [1.82, 2.24) is 5.06 Å². The van der Waals surface area contributed by atoms with E-state index in [0.29, 0.717) is 0 Å². The van der Waals surface area contributed by atoms with Gasteiger partial charge >= 0.3 is 6.18 Å². The Morgan fingerprint density at radius 3 is 2.00 bits per heavy atom. The standard InChI is InChI=1S/C7H11F3NO3/c1-5(2)3-4-6(14-13,11(5)12)7(8,9)10/h13H,3-4H2,1-2H3. The molecule has 0 aromatic heterocycles. The Balaban J connectivity index is 3.05. The second-order valence-corrected chi connectivity index (χ2v) is 3.98. The Morgan fingerprint density at radius 2 is 1.86 bits per heavy atom. The number of hydrogen-bond acceptors (Lipinski definition) is 3. The van der Waals surface area contributed by atoms with E-state index in [1.165, 1.54) is 13.8 Å². The number of hydroxylamine groups is 2. The maximum atomic E-state index is 12.5. The van der Waals surface area contributed by atoms with Crippen molar-refractivity contribution in [1.29, 1.82) is 0 Å². The first-order chi connectivity index (χ1) is 6.17. The average molecular weight is 214 g/mol. The Kier molecular flexibility index (Phi) is 2.56. The van der Waals surface area contributed by atoms with Gasteiger partial charge in [-0.1, -0.05) is 0 Å². The van der Waals surface area contributed by atoms with Gasteiger partial charge in [0, 0.05) is 12.0 Å². The van der Waals surface area contributed by atoms with Crippen molar-refractivity contribution in [2.75, 3.05) is 0 Å². The van der Waals surface area contributed by atoms with E-state index < -0.39 is 23.9 Å². The Morgan fingerprint density at radius 1 is 1.36 bits per heavy atom. The predicted molar refractivity (Wildman–Crippen MR) is 38.3 cm³/mol. The molecule has 1 aliphatic heterocycles. The highest BCUT2D eigenvalue weighted by Gasteiger charge is 2.68. The third-order valence-corrected chi connectivity index (χ3v) is 2.55. The zero-order chi connectivity index (χ0) is 11.2. The van der Waals surface area contributed by atoms with Gasteiger partial charge in [-0.15, -0.1) is 10.3 Å². The molecule has 0 spiro atoms. The van der Waals surface area contributed by atoms with Crippen molar-refractivity contribution in [3.63, 3.8) is 0 Å². The predicted octanol–water partition coefficient (Wildman–Crippen LogP) is 1.95. The molecular weight excluding hydrogens is 203 g/mol. The van der Waals surface area contributed by atoms with Crippen LogP contribution in [-0.4, -0.2) is 27.8 Å². The second-order valence-electron chi connectivity index (χ2n) is 3.98. The van der Waals surface area contributed by atoms with Crippen LogP contribution >= 0.6 is 0 Å². The van der Waals surface area contributed by atoms with Crippen molar-refractivity contribution in [3.8, 4) is 0 Å². The Labute approximate surface area is 78.8 Å². The zero-order valence-electron chi connectivity index (χ0n) is 7.76. The van der Waals surface area contributed by atoms with Crippen LogP contribution in [-0.2, 0) is 10.1 Å². The summed E-state index contributed by atoms with van der Waals surface area (Å²) in [7, 11) is 0. The van der Waals surface area contributed by atoms with Crippen molar-refractivity contribution in [2.45, 2.75) is 44.1 Å². The number of hydrogen-bond donors (Lipinski definition) is 1. The molecule has 1 saturated heterocycles. The van der Waals surface area contributed by atoms with E-state index in [-0.39, 0.29) is 11.5 Å². The fourth-order valence-corrected chi connectivity index (χ4v) is 1.56. The lowest BCUT2D eigenvalue weighted by Crippen LogP contribution is -2.58. The molecule has 1 N–H and O–H groups in total. The van der Waals surface area contributed by atoms with E-state index >= 15 is 0 Å². The van der Waals surface area contributed by atoms with Crippen molar-refractivity contribution >= 4 is 0 Å². The van der Waals surface area contributed by atoms with Crippen LogP contribution in [0.5, 0.6) is 0 Å². The van der Waals surface area contributed by atoms with Gasteiger partial charge in [0.1, 0.15) is 0 Å². The summed E-state index contributed by atoms with van der Waals surface area (Å²) in [6.07, 6.45) is -5.46. The average Bonchev–Trinajstić information content (AvgIpc) is 2.25. The fourth-order valence-electron chi connectivity index (χ4n) is 1.56. The van der Waals surface area contributed by atoms with Crippen LogP contribution in [0.25, 0.3) is 0 Å². The van der Waals surface area contributed by atoms with E-state index in [2.05, 4.69) is 4.89 Å². The van der Waals surface area contributed by atoms with Gasteiger partial charge in [0.2, 0.25) is 0 Å². The third-order valence-electron chi connectivity index (χ3n) is 2.55. The molecule has 0 amide bonds. The van der Waals surface area contributed by atoms with Gasteiger partial charge in [-0.2, -0.15) is 13.2 Å². The minimum Gasteiger partial charge on any atom is -0.249 e. The molecule has 1 unspecified atom stereocenters. The summed E-state index contributed by atoms with van der Waals surface area (Å²) in [6.45, 7) is 2.74. The highest BCUT2D eigenvalue weighted by atomic mass is 19.4. The molecule has 1 radical (unpaired) electrons. The summed E-state index contributed by atoms with van der Waals surface area (Å²) in [5.74, 6) is 0. The Bertz CT molecular complexity index is 231. The number of halogens is 3. The van der Waals surface area contributed by atoms with Gasteiger partial charge in [0.05, 0.1) is 0 Å². The summed E-state index contributed by atoms with van der Waals surface area (Å²) >= 11 is 0. The van der Waals surface area contributed by atoms with E-state index in [4.69, 9.17) is 5.26 Å². The van der Waals surface area contributed by atoms with Gasteiger partial charge in [0.25, 0.3) is 5.72 Å². The molecule has 0 bridgehead atoms. The van der Waals surface area contributed by atoms with E-state index in [1.54, 1.807) is 0 Å². The summed E-state index contributed by atoms with van der Waals surface area (Å²) in [4.78, 5) is 3.40. The topological polar surface area (TPSA) is 52.6 Å². The monoisotopic (exact) mass is 214 g/mol. The molecule has 1 atom stereocenters. The summed E-state index contributed by atoms with van der Waals surface area (Å²) < 4.78 is 37.4. The smallest absolute Gasteiger partial charge is 0.249 e. The number of nitrogens with zero attached hydrogens (tertiary/aromatic N) is 1. The molecule has 7 heteroatoms. The fraction of sp³-hybridized carbons (Fsp3) is 1.00. The first kappa shape index (κ1) is 11.7. The lowest BCUT2D eigenvalue weighted by Gasteiger charge is -2.35. The molecule has 4 nitrogen and oxygen atoms in total. The minimum absolute atomic E-state index is 0.0105. The molecule has 1 rings (SSSR count). The first-order valence-corrected chi connectivity index (χ1v) is 4.04. The minimum atomic E-state index is -4.91. The van der Waals surface area contributed by atoms with Crippen LogP contribution < -0.4 is 0 Å². The van der Waals surface area contributed by atoms with Gasteiger partial charge in [-0.3, -0.25) is 0 Å². The lowest BCUT2D eigenvalue weighted by molar-refractivity contribution is -0.490. The molecule has 1 aliphatic rings. The summed E-state index contributed by atoms with van der Waals surface area (Å²) in [5.41, 5.74) is -4.28. The molecule has 1 fully saturated rings. The first-order valence-electron chi connectivity index (χ1n) is 4.04. The van der Waals surface area contributed by atoms with Crippen LogP contribution in [0.1, 0.15) is 26.7 Å². The highest BCUT2D eigenvalue weighted by Crippen LogP contribution is 2.48. The largest absolute Gasteiger partial charge is 0.436 e. The molecule has 0 saturated carbocycles. The maximum Gasteiger partial charge on any atom is 0.436 e. The van der Waals surface area contributed by atoms with E-state index in [9.17, 15) is 18.4 Å². The van der Waals surface area contributed by atoms with Gasteiger partial charge in [-0.05, 0) is 20.3 Å². The summed E-state index contributed by atoms with van der Waals surface area (Å²) in [6, 6.07) is 0. The molecule has 0 aromatic carbocycles. The van der Waals surface area contributed by atoms with Gasteiger partial charge in [0.15, 0.2) is 0 Å². The number of alkyl halides is 3. The molecule has 0 aromatic rings. The molecular formula is C7H11F3NO3. The number of rotatable bonds is 1. The van der Waals surface area contributed by atoms with Crippen molar-refractivity contribution < 1.29 is 28.5 Å². The van der Waals surface area contributed by atoms with Crippen LogP contribution in [0.4, 0.5) is 13.2 Å². The van der Waals surface area contributed by atoms with Crippen LogP contribution in [0.3, 0.4) is 0 Å². The van der Waals surface area contributed by atoms with E-state index in [1.807, 2.05) is 0 Å². The second kappa shape index (κ2) is 3.06. The highest BCUT2D eigenvalue weighted by molar-refractivity contribution is 4.99. The maximum absolute atomic E-state index is 12.5. The molecule has 1 heterocycles. The van der Waals surface area contributed by atoms with Crippen LogP contribution in [0.2, 0.25) is 0 Å². The Hall–Kier alpha value is -0.370.